The van der Waals surface area contributed by atoms with Crippen LogP contribution < -0.4 is 5.73 Å². The van der Waals surface area contributed by atoms with Crippen molar-refractivity contribution < 1.29 is 19.2 Å². The van der Waals surface area contributed by atoms with Crippen LogP contribution in [0.3, 0.4) is 0 Å². The maximum absolute atomic E-state index is 12.5. The summed E-state index contributed by atoms with van der Waals surface area (Å²) in [6.07, 6.45) is 1.96. The fourth-order valence-corrected chi connectivity index (χ4v) is 2.64. The van der Waals surface area contributed by atoms with E-state index in [0.717, 1.165) is 10.5 Å². The van der Waals surface area contributed by atoms with Gasteiger partial charge in [-0.25, -0.2) is 9.69 Å². The van der Waals surface area contributed by atoms with Crippen LogP contribution in [0.4, 0.5) is 4.79 Å². The third-order valence-corrected chi connectivity index (χ3v) is 4.01. The molecule has 1 heterocycles. The number of halogens is 1. The second kappa shape index (κ2) is 10.4. The summed E-state index contributed by atoms with van der Waals surface area (Å²) in [5.41, 5.74) is 6.63. The molecule has 1 aromatic rings. The maximum atomic E-state index is 12.5. The summed E-state index contributed by atoms with van der Waals surface area (Å²) in [5, 5.41) is 0. The Bertz CT molecular complexity index is 711. The van der Waals surface area contributed by atoms with E-state index in [4.69, 9.17) is 5.73 Å². The molecule has 0 saturated carbocycles. The number of carbonyl (C=O) groups is 4. The molecular weight excluding hydrogens is 372 g/mol. The van der Waals surface area contributed by atoms with Crippen molar-refractivity contribution in [2.45, 2.75) is 6.42 Å². The lowest BCUT2D eigenvalue weighted by molar-refractivity contribution is -0.144. The third-order valence-electron chi connectivity index (χ3n) is 4.01. The van der Waals surface area contributed by atoms with Gasteiger partial charge in [-0.15, -0.1) is 19.0 Å². The lowest BCUT2D eigenvalue weighted by atomic mass is 10.1. The van der Waals surface area contributed by atoms with E-state index < -0.39 is 30.3 Å². The summed E-state index contributed by atoms with van der Waals surface area (Å²) in [6.45, 7) is 3.84. The van der Waals surface area contributed by atoms with Crippen molar-refractivity contribution >= 4 is 36.2 Å². The van der Waals surface area contributed by atoms with E-state index >= 15 is 0 Å². The molecule has 0 spiro atoms. The molecule has 0 bridgehead atoms. The number of nitrogens with zero attached hydrogens (tertiary/aromatic N) is 3. The van der Waals surface area contributed by atoms with Gasteiger partial charge in [-0.1, -0.05) is 36.4 Å². The van der Waals surface area contributed by atoms with Crippen molar-refractivity contribution in [2.75, 3.05) is 32.7 Å². The Morgan fingerprint density at radius 1 is 1.07 bits per heavy atom. The molecule has 9 heteroatoms. The number of benzene rings is 1. The molecule has 0 aromatic heterocycles. The summed E-state index contributed by atoms with van der Waals surface area (Å²) in [4.78, 5) is 51.5. The molecule has 5 amide bonds. The maximum Gasteiger partial charge on any atom is 0.335 e. The Balaban J connectivity index is 0.00000364. The number of hydrogen-bond donors (Lipinski definition) is 1. The summed E-state index contributed by atoms with van der Waals surface area (Å²) in [5.74, 6) is -2.38. The van der Waals surface area contributed by atoms with E-state index in [1.165, 1.54) is 11.0 Å². The summed E-state index contributed by atoms with van der Waals surface area (Å²) in [6, 6.07) is 8.82. The number of imide groups is 2. The lowest BCUT2D eigenvalue weighted by Gasteiger charge is -2.24. The van der Waals surface area contributed by atoms with Gasteiger partial charge in [-0.05, 0) is 12.0 Å². The molecule has 0 aliphatic carbocycles. The molecule has 1 aromatic carbocycles. The average molecular weight is 395 g/mol. The molecule has 0 atom stereocenters. The number of urea groups is 1. The van der Waals surface area contributed by atoms with Gasteiger partial charge in [0.05, 0.1) is 0 Å². The van der Waals surface area contributed by atoms with Crippen LogP contribution in [0.15, 0.2) is 43.0 Å². The molecule has 27 heavy (non-hydrogen) atoms. The third kappa shape index (κ3) is 5.38. The molecule has 2 N–H and O–H groups in total. The van der Waals surface area contributed by atoms with Crippen molar-refractivity contribution in [3.63, 3.8) is 0 Å². The zero-order valence-corrected chi connectivity index (χ0v) is 15.7. The monoisotopic (exact) mass is 394 g/mol. The van der Waals surface area contributed by atoms with Crippen LogP contribution in [0.2, 0.25) is 0 Å². The number of rotatable bonds is 9. The van der Waals surface area contributed by atoms with Gasteiger partial charge in [0.25, 0.3) is 0 Å². The molecule has 2 rings (SSSR count). The summed E-state index contributed by atoms with van der Waals surface area (Å²) in [7, 11) is 0. The van der Waals surface area contributed by atoms with Gasteiger partial charge >= 0.3 is 17.8 Å². The zero-order valence-electron chi connectivity index (χ0n) is 14.9. The van der Waals surface area contributed by atoms with Crippen LogP contribution in [0, 0.1) is 0 Å². The van der Waals surface area contributed by atoms with E-state index in [9.17, 15) is 19.2 Å². The number of carbonyl (C=O) groups excluding carboxylic acids is 4. The molecule has 8 nitrogen and oxygen atoms in total. The smallest absolute Gasteiger partial charge is 0.335 e. The highest BCUT2D eigenvalue weighted by atomic mass is 35.5. The molecule has 0 radical (unpaired) electrons. The van der Waals surface area contributed by atoms with Crippen LogP contribution in [0.5, 0.6) is 0 Å². The van der Waals surface area contributed by atoms with Crippen LogP contribution in [-0.4, -0.2) is 71.2 Å². The second-order valence-corrected chi connectivity index (χ2v) is 5.78. The van der Waals surface area contributed by atoms with E-state index in [2.05, 4.69) is 6.58 Å². The first kappa shape index (κ1) is 22.3. The predicted octanol–water partition coefficient (Wildman–Crippen LogP) is 0.415. The van der Waals surface area contributed by atoms with Crippen LogP contribution in [0.1, 0.15) is 5.56 Å². The van der Waals surface area contributed by atoms with E-state index in [1.807, 2.05) is 30.3 Å². The van der Waals surface area contributed by atoms with Gasteiger partial charge in [-0.2, -0.15) is 0 Å². The Kier molecular flexibility index (Phi) is 8.64. The molecule has 1 aliphatic rings. The minimum atomic E-state index is -0.999. The van der Waals surface area contributed by atoms with Crippen molar-refractivity contribution in [3.05, 3.63) is 48.6 Å². The molecule has 1 saturated heterocycles. The number of amides is 5. The Morgan fingerprint density at radius 2 is 1.70 bits per heavy atom. The van der Waals surface area contributed by atoms with Crippen LogP contribution in [-0.2, 0) is 20.8 Å². The van der Waals surface area contributed by atoms with Crippen molar-refractivity contribution in [2.24, 2.45) is 5.73 Å². The lowest BCUT2D eigenvalue weighted by Crippen LogP contribution is -2.45. The molecule has 1 aliphatic heterocycles. The fraction of sp³-hybridized carbons (Fsp3) is 0.333. The highest BCUT2D eigenvalue weighted by Crippen LogP contribution is 2.12. The standard InChI is InChI=1S/C18H22N4O4.ClH/c1-2-10-21-16(24)17(25)22(18(21)26)13-15(23)20(12-9-19)11-8-14-6-4-3-5-7-14;/h2-7H,1,8-13,19H2;1H. The number of nitrogens with two attached hydrogens (primary N) is 1. The first-order valence-electron chi connectivity index (χ1n) is 8.29. The minimum absolute atomic E-state index is 0. The highest BCUT2D eigenvalue weighted by molar-refractivity contribution is 6.45. The van der Waals surface area contributed by atoms with Crippen molar-refractivity contribution in [1.82, 2.24) is 14.7 Å². The molecular formula is C18H23ClN4O4. The van der Waals surface area contributed by atoms with E-state index in [0.29, 0.717) is 24.4 Å². The van der Waals surface area contributed by atoms with Crippen LogP contribution >= 0.6 is 12.4 Å². The predicted molar refractivity (Wildman–Crippen MR) is 102 cm³/mol. The second-order valence-electron chi connectivity index (χ2n) is 5.78. The molecule has 146 valence electrons. The van der Waals surface area contributed by atoms with Gasteiger partial charge in [0, 0.05) is 26.2 Å². The van der Waals surface area contributed by atoms with Gasteiger partial charge in [-0.3, -0.25) is 19.3 Å². The normalized spacial score (nSPS) is 13.6. The SMILES string of the molecule is C=CCN1C(=O)C(=O)N(CC(=O)N(CCN)CCc2ccccc2)C1=O.Cl. The highest BCUT2D eigenvalue weighted by Gasteiger charge is 2.44. The van der Waals surface area contributed by atoms with Crippen molar-refractivity contribution in [1.29, 1.82) is 0 Å². The Labute approximate surface area is 164 Å². The van der Waals surface area contributed by atoms with Crippen molar-refractivity contribution in [3.8, 4) is 0 Å². The summed E-state index contributed by atoms with van der Waals surface area (Å²) >= 11 is 0. The van der Waals surface area contributed by atoms with E-state index in [1.54, 1.807) is 0 Å². The number of hydrogen-bond acceptors (Lipinski definition) is 5. The average Bonchev–Trinajstić information content (AvgIpc) is 2.84. The topological polar surface area (TPSA) is 104 Å². The Hall–Kier alpha value is -2.71. The minimum Gasteiger partial charge on any atom is -0.340 e. The van der Waals surface area contributed by atoms with Gasteiger partial charge in [0.2, 0.25) is 5.91 Å². The van der Waals surface area contributed by atoms with Gasteiger partial charge in [0.15, 0.2) is 0 Å². The fourth-order valence-electron chi connectivity index (χ4n) is 2.64. The first-order chi connectivity index (χ1) is 12.5. The van der Waals surface area contributed by atoms with E-state index in [-0.39, 0.29) is 25.5 Å². The zero-order chi connectivity index (χ0) is 19.1. The van der Waals surface area contributed by atoms with Gasteiger partial charge < -0.3 is 10.6 Å². The largest absolute Gasteiger partial charge is 0.340 e. The first-order valence-corrected chi connectivity index (χ1v) is 8.29. The summed E-state index contributed by atoms with van der Waals surface area (Å²) < 4.78 is 0. The molecule has 1 fully saturated rings. The van der Waals surface area contributed by atoms with Gasteiger partial charge in [0.1, 0.15) is 6.54 Å². The molecule has 0 unspecified atom stereocenters. The Morgan fingerprint density at radius 3 is 2.30 bits per heavy atom. The van der Waals surface area contributed by atoms with Crippen LogP contribution in [0.25, 0.3) is 0 Å². The quantitative estimate of drug-likeness (QED) is 0.371.